The summed E-state index contributed by atoms with van der Waals surface area (Å²) in [4.78, 5) is 40.6. The fourth-order valence-electron chi connectivity index (χ4n) is 3.96. The number of piperazine rings is 1. The van der Waals surface area contributed by atoms with Gasteiger partial charge in [0.25, 0.3) is 17.6 Å². The van der Waals surface area contributed by atoms with E-state index in [1.807, 2.05) is 10.3 Å². The number of nitrogens with zero attached hydrogens (tertiary/aromatic N) is 11. The quantitative estimate of drug-likeness (QED) is 0.265. The molecule has 16 heteroatoms. The van der Waals surface area contributed by atoms with Gasteiger partial charge in [0.2, 0.25) is 5.13 Å². The van der Waals surface area contributed by atoms with Crippen LogP contribution in [0, 0.1) is 5.82 Å². The normalized spacial score (nSPS) is 14.1. The van der Waals surface area contributed by atoms with Crippen molar-refractivity contribution in [2.45, 2.75) is 0 Å². The molecular formula is C19H15FN12O2S. The van der Waals surface area contributed by atoms with Gasteiger partial charge in [-0.05, 0) is 10.4 Å². The van der Waals surface area contributed by atoms with Crippen molar-refractivity contribution < 1.29 is 14.0 Å². The minimum Gasteiger partial charge on any atom is -0.357 e. The number of thiazole rings is 1. The zero-order chi connectivity index (χ0) is 23.9. The van der Waals surface area contributed by atoms with Crippen LogP contribution in [-0.2, 0) is 4.79 Å². The number of hydrogen-bond acceptors (Lipinski definition) is 11. The van der Waals surface area contributed by atoms with Crippen LogP contribution in [0.25, 0.3) is 21.9 Å². The van der Waals surface area contributed by atoms with Crippen LogP contribution in [0.5, 0.6) is 0 Å². The number of ketones is 1. The Morgan fingerprint density at radius 3 is 2.69 bits per heavy atom. The van der Waals surface area contributed by atoms with E-state index in [1.165, 1.54) is 44.2 Å². The number of carbonyl (C=O) groups excluding carboxylic acids is 2. The number of aromatic amines is 1. The highest BCUT2D eigenvalue weighted by molar-refractivity contribution is 7.12. The van der Waals surface area contributed by atoms with Gasteiger partial charge in [0, 0.05) is 44.0 Å². The molecule has 0 spiro atoms. The number of anilines is 1. The van der Waals surface area contributed by atoms with Crippen LogP contribution >= 0.6 is 11.3 Å². The van der Waals surface area contributed by atoms with Crippen molar-refractivity contribution in [3.8, 4) is 10.9 Å². The number of Topliss-reactive ketones (excluding diaryl/α,β-unsaturated/α-hetero) is 1. The summed E-state index contributed by atoms with van der Waals surface area (Å²) in [6.45, 7) is 1.36. The summed E-state index contributed by atoms with van der Waals surface area (Å²) in [6.07, 6.45) is 6.95. The molecule has 0 unspecified atom stereocenters. The Bertz CT molecular complexity index is 1520. The molecule has 0 saturated carbocycles. The van der Waals surface area contributed by atoms with Crippen LogP contribution in [0.15, 0.2) is 36.4 Å². The Labute approximate surface area is 199 Å². The number of hydrogen-bond donors (Lipinski definition) is 1. The van der Waals surface area contributed by atoms with Crippen LogP contribution in [-0.4, -0.2) is 92.9 Å². The highest BCUT2D eigenvalue weighted by atomic mass is 32.1. The van der Waals surface area contributed by atoms with E-state index in [0.717, 1.165) is 6.20 Å². The summed E-state index contributed by atoms with van der Waals surface area (Å²) in [5.74, 6) is -1.49. The molecule has 1 fully saturated rings. The van der Waals surface area contributed by atoms with Crippen molar-refractivity contribution in [3.05, 3.63) is 47.7 Å². The Morgan fingerprint density at radius 1 is 1.09 bits per heavy atom. The van der Waals surface area contributed by atoms with Crippen molar-refractivity contribution in [1.82, 2.24) is 55.1 Å². The zero-order valence-corrected chi connectivity index (χ0v) is 18.6. The van der Waals surface area contributed by atoms with Crippen molar-refractivity contribution in [3.63, 3.8) is 0 Å². The molecular weight excluding hydrogens is 479 g/mol. The Hall–Kier alpha value is -4.60. The molecule has 35 heavy (non-hydrogen) atoms. The number of fused-ring (bicyclic) bond motifs is 1. The van der Waals surface area contributed by atoms with E-state index in [9.17, 15) is 14.0 Å². The first-order valence-electron chi connectivity index (χ1n) is 10.4. The molecule has 0 atom stereocenters. The molecule has 1 aliphatic heterocycles. The van der Waals surface area contributed by atoms with Gasteiger partial charge in [-0.15, -0.1) is 16.4 Å². The van der Waals surface area contributed by atoms with Crippen LogP contribution in [0.1, 0.15) is 10.4 Å². The highest BCUT2D eigenvalue weighted by Crippen LogP contribution is 2.26. The molecule has 6 heterocycles. The van der Waals surface area contributed by atoms with E-state index in [2.05, 4.69) is 40.8 Å². The molecule has 0 bridgehead atoms. The summed E-state index contributed by atoms with van der Waals surface area (Å²) in [5.41, 5.74) is 0.173. The first kappa shape index (κ1) is 21.0. The SMILES string of the molecule is O=C(C(=O)N1CCN(c2nnnn2-c2nccs2)CC1)c1c[nH]c2c(-n3ccnn3)ncc(F)c12. The maximum atomic E-state index is 14.7. The van der Waals surface area contributed by atoms with E-state index in [-0.39, 0.29) is 35.4 Å². The lowest BCUT2D eigenvalue weighted by Crippen LogP contribution is -2.51. The topological polar surface area (TPSA) is 156 Å². The second kappa shape index (κ2) is 8.32. The van der Waals surface area contributed by atoms with Gasteiger partial charge < -0.3 is 14.8 Å². The van der Waals surface area contributed by atoms with Gasteiger partial charge in [-0.1, -0.05) is 10.3 Å². The number of halogens is 1. The van der Waals surface area contributed by atoms with Crippen molar-refractivity contribution in [2.75, 3.05) is 31.1 Å². The van der Waals surface area contributed by atoms with E-state index < -0.39 is 17.5 Å². The van der Waals surface area contributed by atoms with Crippen molar-refractivity contribution in [2.24, 2.45) is 0 Å². The van der Waals surface area contributed by atoms with Gasteiger partial charge in [0.15, 0.2) is 11.6 Å². The maximum absolute atomic E-state index is 14.7. The summed E-state index contributed by atoms with van der Waals surface area (Å²) < 4.78 is 17.6. The third-order valence-corrected chi connectivity index (χ3v) is 6.37. The lowest BCUT2D eigenvalue weighted by Gasteiger charge is -2.34. The minimum atomic E-state index is -0.813. The molecule has 1 amide bonds. The lowest BCUT2D eigenvalue weighted by molar-refractivity contribution is -0.126. The van der Waals surface area contributed by atoms with E-state index in [0.29, 0.717) is 24.2 Å². The third kappa shape index (κ3) is 3.50. The molecule has 0 aliphatic carbocycles. The average Bonchev–Trinajstić information content (AvgIpc) is 3.70. The molecule has 6 rings (SSSR count). The van der Waals surface area contributed by atoms with E-state index in [4.69, 9.17) is 0 Å². The van der Waals surface area contributed by atoms with Crippen LogP contribution in [0.2, 0.25) is 0 Å². The summed E-state index contributed by atoms with van der Waals surface area (Å²) >= 11 is 1.40. The molecule has 1 aliphatic rings. The molecule has 5 aromatic rings. The zero-order valence-electron chi connectivity index (χ0n) is 17.8. The van der Waals surface area contributed by atoms with Crippen LogP contribution in [0.3, 0.4) is 0 Å². The number of pyridine rings is 1. The predicted octanol–water partition coefficient (Wildman–Crippen LogP) is 0.246. The number of aromatic nitrogens is 10. The minimum absolute atomic E-state index is 0.0230. The standard InChI is InChI=1S/C19H15FN12O2S/c20-12-10-23-16(31-3-1-24-27-31)14-13(12)11(9-22-14)15(33)17(34)29-4-6-30(7-5-29)18-25-26-28-32(18)19-21-2-8-35-19/h1-3,8-10,22H,4-7H2. The predicted molar refractivity (Wildman–Crippen MR) is 119 cm³/mol. The van der Waals surface area contributed by atoms with Crippen LogP contribution < -0.4 is 4.90 Å². The summed E-state index contributed by atoms with van der Waals surface area (Å²) in [6, 6.07) is 0. The molecule has 176 valence electrons. The largest absolute Gasteiger partial charge is 0.357 e. The van der Waals surface area contributed by atoms with Gasteiger partial charge >= 0.3 is 0 Å². The fraction of sp³-hybridized carbons (Fsp3) is 0.211. The molecule has 14 nitrogen and oxygen atoms in total. The average molecular weight is 494 g/mol. The Morgan fingerprint density at radius 2 is 1.94 bits per heavy atom. The summed E-state index contributed by atoms with van der Waals surface area (Å²) in [5, 5.41) is 21.8. The molecule has 1 N–H and O–H groups in total. The number of amides is 1. The number of nitrogens with one attached hydrogen (secondary N) is 1. The molecule has 5 aromatic heterocycles. The number of tetrazole rings is 1. The van der Waals surface area contributed by atoms with Gasteiger partial charge in [-0.3, -0.25) is 9.59 Å². The van der Waals surface area contributed by atoms with Crippen molar-refractivity contribution >= 4 is 39.9 Å². The van der Waals surface area contributed by atoms with Gasteiger partial charge in [0.05, 0.1) is 35.1 Å². The lowest BCUT2D eigenvalue weighted by atomic mass is 10.1. The Kier molecular flexibility index (Phi) is 4.98. The van der Waals surface area contributed by atoms with E-state index in [1.54, 1.807) is 6.20 Å². The highest BCUT2D eigenvalue weighted by Gasteiger charge is 2.31. The van der Waals surface area contributed by atoms with Crippen LogP contribution in [0.4, 0.5) is 10.3 Å². The second-order valence-corrected chi connectivity index (χ2v) is 8.42. The molecule has 1 saturated heterocycles. The first-order chi connectivity index (χ1) is 17.1. The van der Waals surface area contributed by atoms with Crippen molar-refractivity contribution in [1.29, 1.82) is 0 Å². The maximum Gasteiger partial charge on any atom is 0.295 e. The van der Waals surface area contributed by atoms with Gasteiger partial charge in [-0.2, -0.15) is 4.68 Å². The Balaban J connectivity index is 1.21. The van der Waals surface area contributed by atoms with E-state index >= 15 is 0 Å². The number of H-pyrrole nitrogens is 1. The smallest absolute Gasteiger partial charge is 0.295 e. The van der Waals surface area contributed by atoms with Gasteiger partial charge in [0.1, 0.15) is 0 Å². The summed E-state index contributed by atoms with van der Waals surface area (Å²) in [7, 11) is 0. The van der Waals surface area contributed by atoms with Gasteiger partial charge in [-0.25, -0.2) is 19.0 Å². The number of rotatable bonds is 5. The number of carbonyl (C=O) groups is 2. The second-order valence-electron chi connectivity index (χ2n) is 7.54. The molecule has 0 radical (unpaired) electrons. The first-order valence-corrected chi connectivity index (χ1v) is 11.3. The fourth-order valence-corrected chi connectivity index (χ4v) is 4.54. The monoisotopic (exact) mass is 494 g/mol. The molecule has 0 aromatic carbocycles. The third-order valence-electron chi connectivity index (χ3n) is 5.62.